The average molecular weight is 410 g/mol. The normalized spacial score (nSPS) is 28.8. The number of ether oxygens (including phenoxy) is 1. The van der Waals surface area contributed by atoms with Crippen molar-refractivity contribution < 1.29 is 4.74 Å². The summed E-state index contributed by atoms with van der Waals surface area (Å²) in [6, 6.07) is 21.3. The predicted molar refractivity (Wildman–Crippen MR) is 124 cm³/mol. The lowest BCUT2D eigenvalue weighted by molar-refractivity contribution is 0.0905. The molecule has 4 heteroatoms. The smallest absolute Gasteiger partial charge is 0.0705 e. The number of rotatable bonds is 3. The molecule has 1 saturated carbocycles. The summed E-state index contributed by atoms with van der Waals surface area (Å²) in [7, 11) is 0. The van der Waals surface area contributed by atoms with Gasteiger partial charge in [0.2, 0.25) is 0 Å². The number of fused-ring (bicyclic) bond motifs is 4. The Bertz CT molecular complexity index is 1170. The molecule has 4 heterocycles. The Balaban J connectivity index is 1.16. The van der Waals surface area contributed by atoms with E-state index in [0.29, 0.717) is 24.0 Å². The van der Waals surface area contributed by atoms with Crippen LogP contribution in [0, 0.1) is 0 Å². The molecular formula is C27H27N3O. The quantitative estimate of drug-likeness (QED) is 0.612. The monoisotopic (exact) mass is 409 g/mol. The second kappa shape index (κ2) is 6.83. The lowest BCUT2D eigenvalue weighted by atomic mass is 9.99. The third-order valence-corrected chi connectivity index (χ3v) is 7.67. The number of hydrogen-bond acceptors (Lipinski definition) is 4. The van der Waals surface area contributed by atoms with E-state index in [9.17, 15) is 0 Å². The van der Waals surface area contributed by atoms with Crippen molar-refractivity contribution in [2.75, 3.05) is 18.1 Å². The number of para-hydroxylation sites is 1. The van der Waals surface area contributed by atoms with Crippen molar-refractivity contribution in [2.24, 2.45) is 0 Å². The summed E-state index contributed by atoms with van der Waals surface area (Å²) in [5, 5.41) is 1.22. The molecule has 1 aliphatic carbocycles. The standard InChI is InChI=1S/C27H27N3O/c1-2-6-24-19(4-1)8-11-25(28-24)22-14-27(22)29-13-12-18-5-3-7-26(23(18)15-29)30-20-9-10-21(30)17-31-16-20/h1-8,11-13,20-22,27H,9-10,14-17H2/t20-,21+,22?,27?. The number of anilines is 1. The molecule has 0 spiro atoms. The van der Waals surface area contributed by atoms with E-state index in [-0.39, 0.29) is 0 Å². The third kappa shape index (κ3) is 2.89. The first-order valence-electron chi connectivity index (χ1n) is 11.6. The summed E-state index contributed by atoms with van der Waals surface area (Å²) < 4.78 is 5.84. The zero-order valence-electron chi connectivity index (χ0n) is 17.7. The van der Waals surface area contributed by atoms with E-state index in [2.05, 4.69) is 76.7 Å². The van der Waals surface area contributed by atoms with Crippen LogP contribution in [-0.4, -0.2) is 41.2 Å². The molecule has 2 saturated heterocycles. The van der Waals surface area contributed by atoms with Gasteiger partial charge < -0.3 is 14.5 Å². The molecule has 31 heavy (non-hydrogen) atoms. The lowest BCUT2D eigenvalue weighted by Gasteiger charge is -2.39. The Morgan fingerprint density at radius 3 is 2.68 bits per heavy atom. The van der Waals surface area contributed by atoms with Gasteiger partial charge in [0.25, 0.3) is 0 Å². The summed E-state index contributed by atoms with van der Waals surface area (Å²) >= 11 is 0. The van der Waals surface area contributed by atoms with Gasteiger partial charge in [-0.25, -0.2) is 0 Å². The Hall–Kier alpha value is -2.85. The van der Waals surface area contributed by atoms with Crippen LogP contribution in [0.25, 0.3) is 17.0 Å². The summed E-state index contributed by atoms with van der Waals surface area (Å²) in [6.07, 6.45) is 8.33. The highest BCUT2D eigenvalue weighted by molar-refractivity contribution is 5.78. The van der Waals surface area contributed by atoms with E-state index in [1.54, 1.807) is 0 Å². The van der Waals surface area contributed by atoms with Gasteiger partial charge in [0.05, 0.1) is 30.8 Å². The first-order valence-corrected chi connectivity index (χ1v) is 11.6. The highest BCUT2D eigenvalue weighted by Crippen LogP contribution is 2.47. The lowest BCUT2D eigenvalue weighted by Crippen LogP contribution is -2.46. The highest BCUT2D eigenvalue weighted by atomic mass is 16.5. The molecule has 1 aromatic heterocycles. The number of hydrogen-bond donors (Lipinski definition) is 0. The highest BCUT2D eigenvalue weighted by Gasteiger charge is 2.44. The van der Waals surface area contributed by atoms with E-state index in [4.69, 9.17) is 9.72 Å². The van der Waals surface area contributed by atoms with Crippen molar-refractivity contribution in [2.45, 2.75) is 49.9 Å². The van der Waals surface area contributed by atoms with Gasteiger partial charge in [0, 0.05) is 47.0 Å². The van der Waals surface area contributed by atoms with E-state index in [1.165, 1.54) is 47.2 Å². The van der Waals surface area contributed by atoms with Gasteiger partial charge in [-0.2, -0.15) is 0 Å². The first-order chi connectivity index (χ1) is 15.3. The molecule has 2 unspecified atom stereocenters. The van der Waals surface area contributed by atoms with Crippen molar-refractivity contribution in [3.63, 3.8) is 0 Å². The van der Waals surface area contributed by atoms with Gasteiger partial charge in [-0.15, -0.1) is 0 Å². The molecule has 3 fully saturated rings. The van der Waals surface area contributed by atoms with E-state index >= 15 is 0 Å². The third-order valence-electron chi connectivity index (χ3n) is 7.67. The van der Waals surface area contributed by atoms with Crippen LogP contribution >= 0.6 is 0 Å². The van der Waals surface area contributed by atoms with Gasteiger partial charge in [0.1, 0.15) is 0 Å². The van der Waals surface area contributed by atoms with Crippen molar-refractivity contribution >= 4 is 22.7 Å². The first kappa shape index (κ1) is 17.8. The molecule has 2 aromatic carbocycles. The van der Waals surface area contributed by atoms with Crippen molar-refractivity contribution in [1.82, 2.24) is 9.88 Å². The molecule has 2 bridgehead atoms. The minimum atomic E-state index is 0.530. The number of aromatic nitrogens is 1. The summed E-state index contributed by atoms with van der Waals surface area (Å²) in [6.45, 7) is 2.74. The molecule has 0 amide bonds. The topological polar surface area (TPSA) is 28.6 Å². The largest absolute Gasteiger partial charge is 0.377 e. The SMILES string of the molecule is C1=CN(C2CC2c2ccc3ccccc3n2)Cc2c1cccc2N1[C@@H]2CC[C@H]1COC2. The molecule has 3 aromatic rings. The van der Waals surface area contributed by atoms with Crippen LogP contribution in [0.2, 0.25) is 0 Å². The van der Waals surface area contributed by atoms with Crippen LogP contribution in [0.1, 0.15) is 42.0 Å². The van der Waals surface area contributed by atoms with Gasteiger partial charge in [-0.05, 0) is 49.1 Å². The maximum atomic E-state index is 5.84. The predicted octanol–water partition coefficient (Wildman–Crippen LogP) is 4.94. The Kier molecular flexibility index (Phi) is 3.92. The molecule has 7 rings (SSSR count). The van der Waals surface area contributed by atoms with Crippen LogP contribution in [-0.2, 0) is 11.3 Å². The van der Waals surface area contributed by atoms with Crippen LogP contribution in [0.4, 0.5) is 5.69 Å². The number of nitrogens with zero attached hydrogens (tertiary/aromatic N) is 3. The zero-order valence-corrected chi connectivity index (χ0v) is 17.7. The average Bonchev–Trinajstić information content (AvgIpc) is 3.58. The van der Waals surface area contributed by atoms with Crippen molar-refractivity contribution in [3.8, 4) is 0 Å². The fourth-order valence-electron chi connectivity index (χ4n) is 5.98. The fraction of sp³-hybridized carbons (Fsp3) is 0.370. The van der Waals surface area contributed by atoms with Crippen LogP contribution in [0.5, 0.6) is 0 Å². The molecule has 0 radical (unpaired) electrons. The molecular weight excluding hydrogens is 382 g/mol. The van der Waals surface area contributed by atoms with Crippen LogP contribution in [0.15, 0.2) is 60.8 Å². The fourth-order valence-corrected chi connectivity index (χ4v) is 5.98. The van der Waals surface area contributed by atoms with Crippen molar-refractivity contribution in [3.05, 3.63) is 77.6 Å². The summed E-state index contributed by atoms with van der Waals surface area (Å²) in [5.74, 6) is 0.530. The number of pyridine rings is 1. The van der Waals surface area contributed by atoms with Crippen LogP contribution < -0.4 is 4.90 Å². The second-order valence-corrected chi connectivity index (χ2v) is 9.50. The van der Waals surface area contributed by atoms with Crippen molar-refractivity contribution in [1.29, 1.82) is 0 Å². The zero-order chi connectivity index (χ0) is 20.4. The van der Waals surface area contributed by atoms with Gasteiger partial charge in [-0.1, -0.05) is 36.4 Å². The molecule has 156 valence electrons. The molecule has 0 N–H and O–H groups in total. The maximum Gasteiger partial charge on any atom is 0.0705 e. The number of benzene rings is 2. The van der Waals surface area contributed by atoms with Crippen LogP contribution in [0.3, 0.4) is 0 Å². The van der Waals surface area contributed by atoms with Gasteiger partial charge >= 0.3 is 0 Å². The molecule has 4 atom stereocenters. The van der Waals surface area contributed by atoms with Gasteiger partial charge in [0.15, 0.2) is 0 Å². The minimum absolute atomic E-state index is 0.530. The van der Waals surface area contributed by atoms with E-state index in [0.717, 1.165) is 25.3 Å². The van der Waals surface area contributed by atoms with Gasteiger partial charge in [-0.3, -0.25) is 4.98 Å². The Morgan fingerprint density at radius 2 is 1.77 bits per heavy atom. The minimum Gasteiger partial charge on any atom is -0.377 e. The number of morpholine rings is 1. The molecule has 3 aliphatic heterocycles. The Labute approximate surface area is 183 Å². The molecule has 4 aliphatic rings. The Morgan fingerprint density at radius 1 is 0.903 bits per heavy atom. The molecule has 4 nitrogen and oxygen atoms in total. The summed E-state index contributed by atoms with van der Waals surface area (Å²) in [5.41, 5.74) is 6.64. The van der Waals surface area contributed by atoms with E-state index in [1.807, 2.05) is 0 Å². The van der Waals surface area contributed by atoms with E-state index < -0.39 is 0 Å². The summed E-state index contributed by atoms with van der Waals surface area (Å²) in [4.78, 5) is 10.2. The maximum absolute atomic E-state index is 5.84. The second-order valence-electron chi connectivity index (χ2n) is 9.50.